The van der Waals surface area contributed by atoms with Crippen LogP contribution in [0.25, 0.3) is 0 Å². The molecule has 0 spiro atoms. The van der Waals surface area contributed by atoms with E-state index in [0.29, 0.717) is 24.5 Å². The molecule has 1 saturated heterocycles. The van der Waals surface area contributed by atoms with Crippen LogP contribution in [0.4, 0.5) is 0 Å². The van der Waals surface area contributed by atoms with Gasteiger partial charge in [-0.15, -0.1) is 11.8 Å². The number of hydrogen-bond acceptors (Lipinski definition) is 5. The molecule has 1 heterocycles. The molecule has 1 aliphatic heterocycles. The standard InChI is InChI=1S/C21H26N2O2S.C4H10O.C4H10.C2H6/c1-13(2)11-17(14(3)24)23-21(25)15-9-10-20-18(12-15)22-16-7-5-4-6-8-19(16)26-20;1-2-3-4-5;1-3-4-2;1-2/h4-5,7-10,12-13,17-18,20,22H,6,11H2,1-3H3,(H,23,25);5H,2-4H2,1H3;3-4H2,1-2H3;1-2H3/t17-,18?,20?;;;/m0.../s1. The second kappa shape index (κ2) is 20.9. The Morgan fingerprint density at radius 1 is 1.16 bits per heavy atom. The van der Waals surface area contributed by atoms with E-state index in [1.54, 1.807) is 0 Å². The van der Waals surface area contributed by atoms with Crippen molar-refractivity contribution in [1.82, 2.24) is 10.6 Å². The first kappa shape index (κ1) is 35.0. The lowest BCUT2D eigenvalue weighted by atomic mass is 9.98. The van der Waals surface area contributed by atoms with E-state index in [1.807, 2.05) is 37.8 Å². The Morgan fingerprint density at radius 3 is 2.35 bits per heavy atom. The molecular weight excluding hydrogens is 480 g/mol. The number of nitrogens with one attached hydrogen (secondary N) is 2. The molecule has 1 fully saturated rings. The lowest BCUT2D eigenvalue weighted by molar-refractivity contribution is -0.125. The van der Waals surface area contributed by atoms with E-state index in [2.05, 4.69) is 75.6 Å². The van der Waals surface area contributed by atoms with Gasteiger partial charge in [-0.3, -0.25) is 9.59 Å². The van der Waals surface area contributed by atoms with Crippen molar-refractivity contribution in [3.63, 3.8) is 0 Å². The molecule has 6 heteroatoms. The van der Waals surface area contributed by atoms with Gasteiger partial charge in [-0.25, -0.2) is 0 Å². The van der Waals surface area contributed by atoms with Crippen LogP contribution in [0, 0.1) is 5.92 Å². The monoisotopic (exact) mass is 532 g/mol. The second-order valence-electron chi connectivity index (χ2n) is 9.39. The molecule has 210 valence electrons. The number of aliphatic hydroxyl groups is 1. The van der Waals surface area contributed by atoms with Crippen molar-refractivity contribution in [2.75, 3.05) is 6.61 Å². The molecule has 2 aliphatic carbocycles. The maximum absolute atomic E-state index is 12.7. The van der Waals surface area contributed by atoms with Crippen molar-refractivity contribution in [1.29, 1.82) is 0 Å². The predicted octanol–water partition coefficient (Wildman–Crippen LogP) is 7.02. The highest BCUT2D eigenvalue weighted by Crippen LogP contribution is 2.38. The average molecular weight is 533 g/mol. The summed E-state index contributed by atoms with van der Waals surface area (Å²) in [7, 11) is 0. The van der Waals surface area contributed by atoms with Crippen molar-refractivity contribution in [3.05, 3.63) is 58.7 Å². The number of allylic oxidation sites excluding steroid dienone is 4. The van der Waals surface area contributed by atoms with Crippen LogP contribution >= 0.6 is 11.8 Å². The topological polar surface area (TPSA) is 78.4 Å². The second-order valence-corrected chi connectivity index (χ2v) is 10.6. The fourth-order valence-electron chi connectivity index (χ4n) is 3.41. The Labute approximate surface area is 231 Å². The quantitative estimate of drug-likeness (QED) is 0.313. The molecular formula is C31H52N2O3S. The van der Waals surface area contributed by atoms with Crippen LogP contribution in [-0.2, 0) is 9.59 Å². The molecule has 0 aromatic rings. The van der Waals surface area contributed by atoms with Gasteiger partial charge in [0.1, 0.15) is 0 Å². The zero-order valence-electron chi connectivity index (χ0n) is 24.5. The van der Waals surface area contributed by atoms with Crippen molar-refractivity contribution < 1.29 is 14.7 Å². The van der Waals surface area contributed by atoms with Gasteiger partial charge in [0.2, 0.25) is 0 Å². The Hall–Kier alpha value is -2.05. The Kier molecular flexibility index (Phi) is 19.8. The predicted molar refractivity (Wildman–Crippen MR) is 161 cm³/mol. The number of Topliss-reactive ketones (excluding diaryl/α,β-unsaturated/α-hetero) is 1. The lowest BCUT2D eigenvalue weighted by Gasteiger charge is -2.34. The Balaban J connectivity index is 0.00000100. The summed E-state index contributed by atoms with van der Waals surface area (Å²) in [5.74, 6) is 0.173. The summed E-state index contributed by atoms with van der Waals surface area (Å²) < 4.78 is 0. The van der Waals surface area contributed by atoms with E-state index in [-0.39, 0.29) is 23.0 Å². The molecule has 0 bridgehead atoms. The van der Waals surface area contributed by atoms with Crippen molar-refractivity contribution in [2.45, 2.75) is 111 Å². The van der Waals surface area contributed by atoms with Crippen LogP contribution < -0.4 is 10.6 Å². The minimum Gasteiger partial charge on any atom is -0.396 e. The van der Waals surface area contributed by atoms with Gasteiger partial charge in [0.05, 0.1) is 17.3 Å². The first-order valence-electron chi connectivity index (χ1n) is 14.1. The summed E-state index contributed by atoms with van der Waals surface area (Å²) in [5.41, 5.74) is 1.73. The number of amides is 1. The minimum absolute atomic E-state index is 0.00170. The van der Waals surface area contributed by atoms with Gasteiger partial charge < -0.3 is 15.7 Å². The first-order valence-corrected chi connectivity index (χ1v) is 15.0. The van der Waals surface area contributed by atoms with Gasteiger partial charge in [0, 0.05) is 22.8 Å². The fourth-order valence-corrected chi connectivity index (χ4v) is 4.60. The van der Waals surface area contributed by atoms with Crippen molar-refractivity contribution in [2.24, 2.45) is 5.92 Å². The summed E-state index contributed by atoms with van der Waals surface area (Å²) in [6.45, 7) is 16.4. The number of ketones is 1. The third-order valence-electron chi connectivity index (χ3n) is 5.64. The zero-order valence-corrected chi connectivity index (χ0v) is 25.3. The molecule has 5 nitrogen and oxygen atoms in total. The molecule has 3 atom stereocenters. The van der Waals surface area contributed by atoms with E-state index in [4.69, 9.17) is 5.11 Å². The van der Waals surface area contributed by atoms with E-state index >= 15 is 0 Å². The van der Waals surface area contributed by atoms with Gasteiger partial charge in [-0.05, 0) is 44.3 Å². The molecule has 1 amide bonds. The van der Waals surface area contributed by atoms with Gasteiger partial charge in [0.25, 0.3) is 5.91 Å². The third kappa shape index (κ3) is 13.9. The smallest absolute Gasteiger partial charge is 0.251 e. The Morgan fingerprint density at radius 2 is 1.84 bits per heavy atom. The van der Waals surface area contributed by atoms with Crippen molar-refractivity contribution in [3.8, 4) is 0 Å². The van der Waals surface area contributed by atoms with E-state index in [9.17, 15) is 9.59 Å². The fraction of sp³-hybridized carbons (Fsp3) is 0.613. The molecule has 2 unspecified atom stereocenters. The number of carbonyl (C=O) groups is 2. The number of carbonyl (C=O) groups excluding carboxylic acids is 2. The summed E-state index contributed by atoms with van der Waals surface area (Å²) in [4.78, 5) is 25.7. The minimum atomic E-state index is -0.424. The molecule has 3 aliphatic rings. The lowest BCUT2D eigenvalue weighted by Crippen LogP contribution is -2.44. The van der Waals surface area contributed by atoms with Gasteiger partial charge >= 0.3 is 0 Å². The van der Waals surface area contributed by atoms with Crippen LogP contribution in [0.3, 0.4) is 0 Å². The molecule has 0 aromatic carbocycles. The number of unbranched alkanes of at least 4 members (excludes halogenated alkanes) is 2. The van der Waals surface area contributed by atoms with Crippen LogP contribution in [0.5, 0.6) is 0 Å². The Bertz CT molecular complexity index is 820. The van der Waals surface area contributed by atoms with Crippen LogP contribution in [0.15, 0.2) is 58.7 Å². The molecule has 3 rings (SSSR count). The highest BCUT2D eigenvalue weighted by atomic mass is 32.2. The number of aliphatic hydroxyl groups excluding tert-OH is 1. The molecule has 3 N–H and O–H groups in total. The van der Waals surface area contributed by atoms with Gasteiger partial charge in [-0.1, -0.05) is 98.1 Å². The maximum atomic E-state index is 12.7. The van der Waals surface area contributed by atoms with Gasteiger partial charge in [-0.2, -0.15) is 0 Å². The summed E-state index contributed by atoms with van der Waals surface area (Å²) in [6, 6.07) is -0.353. The summed E-state index contributed by atoms with van der Waals surface area (Å²) in [6.07, 6.45) is 20.7. The third-order valence-corrected chi connectivity index (χ3v) is 7.01. The van der Waals surface area contributed by atoms with Crippen molar-refractivity contribution >= 4 is 23.5 Å². The highest BCUT2D eigenvalue weighted by molar-refractivity contribution is 8.04. The molecule has 0 aromatic heterocycles. The maximum Gasteiger partial charge on any atom is 0.251 e. The summed E-state index contributed by atoms with van der Waals surface area (Å²) in [5, 5.41) is 14.8. The number of rotatable bonds is 8. The largest absolute Gasteiger partial charge is 0.396 e. The average Bonchev–Trinajstić information content (AvgIpc) is 3.13. The molecule has 37 heavy (non-hydrogen) atoms. The first-order chi connectivity index (χ1) is 17.8. The SMILES string of the molecule is CC.CC(=O)[C@H](CC(C)C)NC(=O)C1=CC2NC3=CC=CCC=C3SC2C=C1.CCCC.CCCCO. The number of hydrogen-bond donors (Lipinski definition) is 3. The summed E-state index contributed by atoms with van der Waals surface area (Å²) >= 11 is 1.83. The van der Waals surface area contributed by atoms with E-state index in [0.717, 1.165) is 25.0 Å². The van der Waals surface area contributed by atoms with Crippen LogP contribution in [0.2, 0.25) is 0 Å². The van der Waals surface area contributed by atoms with Crippen LogP contribution in [-0.4, -0.2) is 40.7 Å². The zero-order chi connectivity index (χ0) is 28.2. The molecule has 0 saturated carbocycles. The number of fused-ring (bicyclic) bond motifs is 2. The van der Waals surface area contributed by atoms with Crippen LogP contribution in [0.1, 0.15) is 93.9 Å². The van der Waals surface area contributed by atoms with Gasteiger partial charge in [0.15, 0.2) is 5.78 Å². The normalized spacial score (nSPS) is 19.7. The van der Waals surface area contributed by atoms with E-state index < -0.39 is 6.04 Å². The molecule has 0 radical (unpaired) electrons. The van der Waals surface area contributed by atoms with E-state index in [1.165, 1.54) is 24.7 Å². The number of thioether (sulfide) groups is 1. The highest BCUT2D eigenvalue weighted by Gasteiger charge is 2.31.